The number of hydrogen-bond donors (Lipinski definition) is 2. The van der Waals surface area contributed by atoms with Crippen molar-refractivity contribution in [3.05, 3.63) is 47.3 Å². The van der Waals surface area contributed by atoms with Crippen molar-refractivity contribution in [3.63, 3.8) is 0 Å². The van der Waals surface area contributed by atoms with E-state index in [1.165, 1.54) is 6.07 Å². The first kappa shape index (κ1) is 10.8. The van der Waals surface area contributed by atoms with Crippen LogP contribution in [0.5, 0.6) is 0 Å². The Morgan fingerprint density at radius 3 is 2.72 bits per heavy atom. The predicted molar refractivity (Wildman–Crippen MR) is 67.5 cm³/mol. The van der Waals surface area contributed by atoms with Crippen LogP contribution in [-0.2, 0) is 0 Å². The summed E-state index contributed by atoms with van der Waals surface area (Å²) in [5, 5.41) is 10.4. The molecule has 3 rings (SSSR count). The highest BCUT2D eigenvalue weighted by Gasteiger charge is 2.13. The van der Waals surface area contributed by atoms with Gasteiger partial charge in [0.25, 0.3) is 0 Å². The molecule has 0 aliphatic carbocycles. The van der Waals surface area contributed by atoms with Gasteiger partial charge in [-0.05, 0) is 31.2 Å². The van der Waals surface area contributed by atoms with Gasteiger partial charge in [-0.1, -0.05) is 11.6 Å². The Morgan fingerprint density at radius 2 is 2.00 bits per heavy atom. The highest BCUT2D eigenvalue weighted by Crippen LogP contribution is 2.29. The zero-order chi connectivity index (χ0) is 12.9. The van der Waals surface area contributed by atoms with Gasteiger partial charge in [0.1, 0.15) is 5.82 Å². The van der Waals surface area contributed by atoms with Crippen LogP contribution in [0.4, 0.5) is 4.39 Å². The van der Waals surface area contributed by atoms with E-state index in [4.69, 9.17) is 5.11 Å². The second-order valence-electron chi connectivity index (χ2n) is 4.36. The molecule has 0 bridgehead atoms. The van der Waals surface area contributed by atoms with E-state index in [0.717, 1.165) is 22.5 Å². The van der Waals surface area contributed by atoms with Crippen LogP contribution < -0.4 is 0 Å². The summed E-state index contributed by atoms with van der Waals surface area (Å²) in [6, 6.07) is 8.24. The monoisotopic (exact) mass is 243 g/mol. The average molecular weight is 243 g/mol. The third kappa shape index (κ3) is 1.46. The molecular weight excluding hydrogens is 233 g/mol. The highest BCUT2D eigenvalue weighted by molar-refractivity contribution is 6.09. The second kappa shape index (κ2) is 3.57. The summed E-state index contributed by atoms with van der Waals surface area (Å²) in [4.78, 5) is 13.9. The first-order valence-electron chi connectivity index (χ1n) is 5.51. The zero-order valence-electron chi connectivity index (χ0n) is 9.62. The van der Waals surface area contributed by atoms with Gasteiger partial charge in [-0.25, -0.2) is 9.18 Å². The van der Waals surface area contributed by atoms with E-state index in [0.29, 0.717) is 10.9 Å². The third-order valence-electron chi connectivity index (χ3n) is 3.06. The van der Waals surface area contributed by atoms with Crippen LogP contribution in [0, 0.1) is 12.7 Å². The number of aryl methyl sites for hydroxylation is 1. The lowest BCUT2D eigenvalue weighted by Crippen LogP contribution is -1.96. The largest absolute Gasteiger partial charge is 0.478 e. The van der Waals surface area contributed by atoms with Crippen molar-refractivity contribution in [2.75, 3.05) is 0 Å². The third-order valence-corrected chi connectivity index (χ3v) is 3.06. The smallest absolute Gasteiger partial charge is 0.335 e. The number of rotatable bonds is 1. The fraction of sp³-hybridized carbons (Fsp3) is 0.0714. The number of carbonyl (C=O) groups is 1. The molecule has 0 aliphatic rings. The Kier molecular flexibility index (Phi) is 2.13. The number of nitrogens with one attached hydrogen (secondary N) is 1. The van der Waals surface area contributed by atoms with E-state index in [1.807, 2.05) is 25.1 Å². The fourth-order valence-corrected chi connectivity index (χ4v) is 2.19. The van der Waals surface area contributed by atoms with E-state index in [9.17, 15) is 9.18 Å². The van der Waals surface area contributed by atoms with Gasteiger partial charge in [-0.15, -0.1) is 0 Å². The van der Waals surface area contributed by atoms with Crippen LogP contribution in [0.2, 0.25) is 0 Å². The summed E-state index contributed by atoms with van der Waals surface area (Å²) in [5.74, 6) is -1.67. The van der Waals surface area contributed by atoms with E-state index in [1.54, 1.807) is 0 Å². The molecule has 90 valence electrons. The fourth-order valence-electron chi connectivity index (χ4n) is 2.19. The lowest BCUT2D eigenvalue weighted by atomic mass is 10.1. The summed E-state index contributed by atoms with van der Waals surface area (Å²) in [7, 11) is 0. The van der Waals surface area contributed by atoms with E-state index >= 15 is 0 Å². The quantitative estimate of drug-likeness (QED) is 0.687. The van der Waals surface area contributed by atoms with Crippen molar-refractivity contribution in [2.45, 2.75) is 6.92 Å². The number of aromatic nitrogens is 1. The van der Waals surface area contributed by atoms with Gasteiger partial charge >= 0.3 is 5.97 Å². The second-order valence-corrected chi connectivity index (χ2v) is 4.36. The molecule has 0 fully saturated rings. The van der Waals surface area contributed by atoms with Crippen molar-refractivity contribution in [2.24, 2.45) is 0 Å². The van der Waals surface area contributed by atoms with Crippen LogP contribution in [-0.4, -0.2) is 16.1 Å². The van der Waals surface area contributed by atoms with Gasteiger partial charge in [0, 0.05) is 16.3 Å². The molecule has 3 nitrogen and oxygen atoms in total. The molecule has 0 spiro atoms. The molecule has 1 heterocycles. The average Bonchev–Trinajstić information content (AvgIpc) is 2.68. The molecule has 0 aliphatic heterocycles. The number of fused-ring (bicyclic) bond motifs is 3. The Morgan fingerprint density at radius 1 is 1.22 bits per heavy atom. The first-order chi connectivity index (χ1) is 8.56. The number of benzene rings is 2. The normalized spacial score (nSPS) is 11.2. The minimum Gasteiger partial charge on any atom is -0.478 e. The Labute approximate surface area is 102 Å². The molecule has 1 aromatic heterocycles. The van der Waals surface area contributed by atoms with Crippen LogP contribution in [0.1, 0.15) is 15.9 Å². The van der Waals surface area contributed by atoms with E-state index in [-0.39, 0.29) is 5.56 Å². The highest BCUT2D eigenvalue weighted by atomic mass is 19.1. The number of aromatic carboxylic acids is 1. The minimum atomic E-state index is -1.13. The molecule has 0 saturated heterocycles. The molecule has 3 aromatic rings. The van der Waals surface area contributed by atoms with Crippen molar-refractivity contribution in [1.29, 1.82) is 0 Å². The Balaban J connectivity index is 2.49. The molecule has 0 amide bonds. The van der Waals surface area contributed by atoms with Crippen molar-refractivity contribution >= 4 is 27.8 Å². The molecule has 18 heavy (non-hydrogen) atoms. The molecule has 0 unspecified atom stereocenters. The minimum absolute atomic E-state index is 0.0394. The van der Waals surface area contributed by atoms with Crippen LogP contribution >= 0.6 is 0 Å². The van der Waals surface area contributed by atoms with Crippen molar-refractivity contribution < 1.29 is 14.3 Å². The van der Waals surface area contributed by atoms with Gasteiger partial charge < -0.3 is 10.1 Å². The summed E-state index contributed by atoms with van der Waals surface area (Å²) in [6.45, 7) is 1.94. The molecular formula is C14H10FNO2. The summed E-state index contributed by atoms with van der Waals surface area (Å²) >= 11 is 0. The molecule has 2 aromatic carbocycles. The van der Waals surface area contributed by atoms with E-state index in [2.05, 4.69) is 4.98 Å². The number of carboxylic acids is 1. The lowest BCUT2D eigenvalue weighted by Gasteiger charge is -1.98. The van der Waals surface area contributed by atoms with Crippen LogP contribution in [0.15, 0.2) is 30.3 Å². The standard InChI is InChI=1S/C14H10FNO2/c1-7-2-3-12-9(4-7)10-5-8(14(17)18)6-11(15)13(10)16-12/h2-6,16H,1H3,(H,17,18). The number of carboxylic acid groups (broad SMARTS) is 1. The zero-order valence-corrected chi connectivity index (χ0v) is 9.62. The van der Waals surface area contributed by atoms with Gasteiger partial charge in [0.2, 0.25) is 0 Å². The maximum absolute atomic E-state index is 13.9. The molecule has 0 atom stereocenters. The summed E-state index contributed by atoms with van der Waals surface area (Å²) in [6.07, 6.45) is 0. The Hall–Kier alpha value is -2.36. The Bertz CT molecular complexity index is 789. The maximum atomic E-state index is 13.9. The van der Waals surface area contributed by atoms with Gasteiger partial charge in [-0.3, -0.25) is 0 Å². The number of halogens is 1. The van der Waals surface area contributed by atoms with E-state index < -0.39 is 11.8 Å². The SMILES string of the molecule is Cc1ccc2[nH]c3c(F)cc(C(=O)O)cc3c2c1. The van der Waals surface area contributed by atoms with Crippen molar-refractivity contribution in [3.8, 4) is 0 Å². The summed E-state index contributed by atoms with van der Waals surface area (Å²) < 4.78 is 13.9. The van der Waals surface area contributed by atoms with Crippen LogP contribution in [0.25, 0.3) is 21.8 Å². The number of aromatic amines is 1. The first-order valence-corrected chi connectivity index (χ1v) is 5.51. The van der Waals surface area contributed by atoms with Gasteiger partial charge in [0.15, 0.2) is 0 Å². The van der Waals surface area contributed by atoms with Gasteiger partial charge in [-0.2, -0.15) is 0 Å². The molecule has 0 radical (unpaired) electrons. The van der Waals surface area contributed by atoms with Crippen LogP contribution in [0.3, 0.4) is 0 Å². The maximum Gasteiger partial charge on any atom is 0.335 e. The molecule has 4 heteroatoms. The molecule has 0 saturated carbocycles. The number of H-pyrrole nitrogens is 1. The topological polar surface area (TPSA) is 53.1 Å². The lowest BCUT2D eigenvalue weighted by molar-refractivity contribution is 0.0696. The van der Waals surface area contributed by atoms with Crippen molar-refractivity contribution in [1.82, 2.24) is 4.98 Å². The summed E-state index contributed by atoms with van der Waals surface area (Å²) in [5.41, 5.74) is 2.16. The number of hydrogen-bond acceptors (Lipinski definition) is 1. The molecule has 2 N–H and O–H groups in total. The van der Waals surface area contributed by atoms with Gasteiger partial charge in [0.05, 0.1) is 11.1 Å². The predicted octanol–water partition coefficient (Wildman–Crippen LogP) is 3.47.